The number of alkyl halides is 3. The Morgan fingerprint density at radius 1 is 1.06 bits per heavy atom. The van der Waals surface area contributed by atoms with Gasteiger partial charge in [0, 0.05) is 33.3 Å². The van der Waals surface area contributed by atoms with Crippen LogP contribution in [0, 0.1) is 0 Å². The lowest BCUT2D eigenvalue weighted by Crippen LogP contribution is -2.11. The van der Waals surface area contributed by atoms with Crippen LogP contribution in [-0.4, -0.2) is 16.1 Å². The van der Waals surface area contributed by atoms with Crippen molar-refractivity contribution in [2.45, 2.75) is 19.2 Å². The number of aromatic nitrogens is 1. The van der Waals surface area contributed by atoms with E-state index in [2.05, 4.69) is 4.98 Å². The molecule has 8 heteroatoms. The standard InChI is InChI=1S/C25H18F3NO3S/c26-25(27,28)20-8-3-5-16(11-20)15-32-24(31)19(12-18-7-4-10-29-23(18)30)14-21-13-17-6-1-2-9-22(17)33-21/h1-11,13-14H,12,15H2,(H,29,30)/b19-14-. The Morgan fingerprint density at radius 2 is 1.88 bits per heavy atom. The van der Waals surface area contributed by atoms with Gasteiger partial charge in [0.05, 0.1) is 5.56 Å². The average molecular weight is 469 g/mol. The van der Waals surface area contributed by atoms with E-state index in [4.69, 9.17) is 4.74 Å². The molecule has 0 radical (unpaired) electrons. The van der Waals surface area contributed by atoms with Gasteiger partial charge >= 0.3 is 12.1 Å². The molecule has 33 heavy (non-hydrogen) atoms. The van der Waals surface area contributed by atoms with E-state index < -0.39 is 17.7 Å². The number of halogens is 3. The van der Waals surface area contributed by atoms with Crippen molar-refractivity contribution in [3.8, 4) is 5.88 Å². The number of carbonyl (C=O) groups excluding carboxylic acids is 1. The third-order valence-electron chi connectivity index (χ3n) is 4.90. The Bertz CT molecular complexity index is 1290. The smallest absolute Gasteiger partial charge is 0.416 e. The highest BCUT2D eigenvalue weighted by Gasteiger charge is 2.30. The number of pyridine rings is 1. The normalized spacial score (nSPS) is 12.2. The van der Waals surface area contributed by atoms with Gasteiger partial charge in [0.2, 0.25) is 5.88 Å². The Labute approximate surface area is 191 Å². The molecule has 4 rings (SSSR count). The Kier molecular flexibility index (Phi) is 6.46. The van der Waals surface area contributed by atoms with Gasteiger partial charge in [-0.25, -0.2) is 9.78 Å². The molecule has 1 N–H and O–H groups in total. The fraction of sp³-hybridized carbons (Fsp3) is 0.120. The van der Waals surface area contributed by atoms with E-state index in [1.165, 1.54) is 29.7 Å². The molecule has 0 aliphatic rings. The third kappa shape index (κ3) is 5.59. The fourth-order valence-corrected chi connectivity index (χ4v) is 4.31. The number of fused-ring (bicyclic) bond motifs is 1. The van der Waals surface area contributed by atoms with E-state index in [0.717, 1.165) is 27.1 Å². The molecule has 0 saturated heterocycles. The first-order valence-corrected chi connectivity index (χ1v) is 10.8. The van der Waals surface area contributed by atoms with Crippen molar-refractivity contribution in [2.24, 2.45) is 0 Å². The molecular weight excluding hydrogens is 451 g/mol. The number of thiophene rings is 1. The predicted octanol–water partition coefficient (Wildman–Crippen LogP) is 6.39. The van der Waals surface area contributed by atoms with Gasteiger partial charge in [0.25, 0.3) is 0 Å². The SMILES string of the molecule is O=C(OCc1cccc(C(F)(F)F)c1)/C(=C\c1cc2ccccc2s1)Cc1cccnc1O. The van der Waals surface area contributed by atoms with Crippen molar-refractivity contribution in [1.82, 2.24) is 4.98 Å². The summed E-state index contributed by atoms with van der Waals surface area (Å²) in [4.78, 5) is 17.6. The summed E-state index contributed by atoms with van der Waals surface area (Å²) >= 11 is 1.49. The number of benzene rings is 2. The molecule has 0 unspecified atom stereocenters. The van der Waals surface area contributed by atoms with Crippen LogP contribution in [-0.2, 0) is 28.7 Å². The summed E-state index contributed by atoms with van der Waals surface area (Å²) in [7, 11) is 0. The molecule has 0 bridgehead atoms. The minimum Gasteiger partial charge on any atom is -0.493 e. The monoisotopic (exact) mass is 469 g/mol. The van der Waals surface area contributed by atoms with Gasteiger partial charge in [0.1, 0.15) is 6.61 Å². The quantitative estimate of drug-likeness (QED) is 0.263. The minimum absolute atomic E-state index is 0.0509. The topological polar surface area (TPSA) is 59.4 Å². The van der Waals surface area contributed by atoms with Gasteiger partial charge in [-0.2, -0.15) is 13.2 Å². The van der Waals surface area contributed by atoms with E-state index in [0.29, 0.717) is 5.56 Å². The van der Waals surface area contributed by atoms with Gasteiger partial charge in [-0.3, -0.25) is 0 Å². The van der Waals surface area contributed by atoms with E-state index in [1.807, 2.05) is 30.3 Å². The van der Waals surface area contributed by atoms with Crippen LogP contribution in [0.5, 0.6) is 5.88 Å². The third-order valence-corrected chi connectivity index (χ3v) is 5.96. The van der Waals surface area contributed by atoms with Crippen LogP contribution >= 0.6 is 11.3 Å². The molecule has 0 saturated carbocycles. The number of nitrogens with zero attached hydrogens (tertiary/aromatic N) is 1. The molecule has 0 aliphatic carbocycles. The molecule has 0 fully saturated rings. The number of ether oxygens (including phenoxy) is 1. The second kappa shape index (κ2) is 9.46. The van der Waals surface area contributed by atoms with Crippen LogP contribution in [0.25, 0.3) is 16.2 Å². The number of rotatable bonds is 6. The van der Waals surface area contributed by atoms with E-state index in [-0.39, 0.29) is 30.0 Å². The van der Waals surface area contributed by atoms with E-state index in [1.54, 1.807) is 18.2 Å². The average Bonchev–Trinajstić information content (AvgIpc) is 3.20. The highest BCUT2D eigenvalue weighted by molar-refractivity contribution is 7.19. The maximum Gasteiger partial charge on any atom is 0.416 e. The predicted molar refractivity (Wildman–Crippen MR) is 121 cm³/mol. The van der Waals surface area contributed by atoms with Crippen LogP contribution in [0.2, 0.25) is 0 Å². The zero-order valence-electron chi connectivity index (χ0n) is 17.2. The molecule has 2 heterocycles. The molecule has 0 spiro atoms. The van der Waals surface area contributed by atoms with Crippen LogP contribution < -0.4 is 0 Å². The number of hydrogen-bond donors (Lipinski definition) is 1. The number of aromatic hydroxyl groups is 1. The number of carbonyl (C=O) groups is 1. The van der Waals surface area contributed by atoms with Crippen LogP contribution in [0.4, 0.5) is 13.2 Å². The van der Waals surface area contributed by atoms with Gasteiger partial charge in [-0.1, -0.05) is 36.4 Å². The van der Waals surface area contributed by atoms with E-state index in [9.17, 15) is 23.1 Å². The summed E-state index contributed by atoms with van der Waals surface area (Å²) in [5.74, 6) is -0.890. The van der Waals surface area contributed by atoms with Crippen molar-refractivity contribution in [1.29, 1.82) is 0 Å². The molecule has 4 nitrogen and oxygen atoms in total. The lowest BCUT2D eigenvalue weighted by Gasteiger charge is -2.11. The molecule has 4 aromatic rings. The minimum atomic E-state index is -4.48. The zero-order valence-corrected chi connectivity index (χ0v) is 18.0. The summed E-state index contributed by atoms with van der Waals surface area (Å²) in [6, 6.07) is 17.6. The molecule has 0 aliphatic heterocycles. The van der Waals surface area contributed by atoms with E-state index >= 15 is 0 Å². The van der Waals surface area contributed by atoms with Crippen LogP contribution in [0.3, 0.4) is 0 Å². The zero-order chi connectivity index (χ0) is 23.4. The highest BCUT2D eigenvalue weighted by atomic mass is 32.1. The Hall–Kier alpha value is -3.65. The first-order chi connectivity index (χ1) is 15.8. The molecule has 2 aromatic heterocycles. The van der Waals surface area contributed by atoms with Crippen molar-refractivity contribution in [3.63, 3.8) is 0 Å². The largest absolute Gasteiger partial charge is 0.493 e. The van der Waals surface area contributed by atoms with Crippen molar-refractivity contribution in [3.05, 3.63) is 100 Å². The summed E-state index contributed by atoms with van der Waals surface area (Å²) < 4.78 is 45.3. The molecule has 168 valence electrons. The summed E-state index contributed by atoms with van der Waals surface area (Å²) in [5.41, 5.74) is 0.0960. The lowest BCUT2D eigenvalue weighted by molar-refractivity contribution is -0.140. The van der Waals surface area contributed by atoms with Crippen LogP contribution in [0.1, 0.15) is 21.6 Å². The Balaban J connectivity index is 1.60. The van der Waals surface area contributed by atoms with Gasteiger partial charge in [-0.15, -0.1) is 11.3 Å². The lowest BCUT2D eigenvalue weighted by atomic mass is 10.1. The summed E-state index contributed by atoms with van der Waals surface area (Å²) in [6.45, 7) is -0.314. The van der Waals surface area contributed by atoms with Gasteiger partial charge < -0.3 is 9.84 Å². The van der Waals surface area contributed by atoms with Crippen molar-refractivity contribution >= 4 is 33.5 Å². The number of esters is 1. The second-order valence-corrected chi connectivity index (χ2v) is 8.41. The molecular formula is C25H18F3NO3S. The Morgan fingerprint density at radius 3 is 2.64 bits per heavy atom. The van der Waals surface area contributed by atoms with Gasteiger partial charge in [-0.05, 0) is 47.4 Å². The number of hydrogen-bond acceptors (Lipinski definition) is 5. The van der Waals surface area contributed by atoms with Gasteiger partial charge in [0.15, 0.2) is 0 Å². The molecule has 0 amide bonds. The summed E-state index contributed by atoms with van der Waals surface area (Å²) in [5, 5.41) is 11.1. The first-order valence-electron chi connectivity index (χ1n) is 9.95. The molecule has 0 atom stereocenters. The first kappa shape index (κ1) is 22.5. The van der Waals surface area contributed by atoms with Crippen LogP contribution in [0.15, 0.2) is 78.5 Å². The maximum atomic E-state index is 13.0. The van der Waals surface area contributed by atoms with Crippen molar-refractivity contribution in [2.75, 3.05) is 0 Å². The van der Waals surface area contributed by atoms with Crippen molar-refractivity contribution < 1.29 is 27.8 Å². The highest BCUT2D eigenvalue weighted by Crippen LogP contribution is 2.30. The molecule has 2 aromatic carbocycles. The summed E-state index contributed by atoms with van der Waals surface area (Å²) in [6.07, 6.45) is -1.33. The fourth-order valence-electron chi connectivity index (χ4n) is 3.28. The maximum absolute atomic E-state index is 13.0. The second-order valence-electron chi connectivity index (χ2n) is 7.29.